The minimum absolute atomic E-state index is 0.0824. The van der Waals surface area contributed by atoms with Crippen molar-refractivity contribution in [2.45, 2.75) is 45.2 Å². The maximum Gasteiger partial charge on any atom is 0.418 e. The number of aromatic nitrogens is 3. The standard InChI is InChI=1S/C29H29ClF3N5O/c1-18-15-38(16-19(2)39-18)17-26-36-25-14-21(27-23(29(31,32)33)7-5-12-34-27)9-10-22(25)28(37-26)35-13-11-20-6-3-4-8-24(20)30/h3-10,12,14,18-19H,11,13,15-17H2,1-2H3,(H,35,36,37)/t18-,19+. The number of nitrogens with one attached hydrogen (secondary N) is 1. The second kappa shape index (κ2) is 11.5. The summed E-state index contributed by atoms with van der Waals surface area (Å²) >= 11 is 6.32. The number of hydrogen-bond acceptors (Lipinski definition) is 6. The predicted octanol–water partition coefficient (Wildman–Crippen LogP) is 6.63. The SMILES string of the molecule is C[C@@H]1CN(Cc2nc(NCCc3ccccc3Cl)c3ccc(-c4ncccc4C(F)(F)F)cc3n2)C[C@H](C)O1. The molecule has 5 rings (SSSR count). The van der Waals surface area contributed by atoms with Gasteiger partial charge in [-0.05, 0) is 56.2 Å². The first-order valence-electron chi connectivity index (χ1n) is 12.9. The molecule has 39 heavy (non-hydrogen) atoms. The van der Waals surface area contributed by atoms with E-state index >= 15 is 0 Å². The number of halogens is 4. The summed E-state index contributed by atoms with van der Waals surface area (Å²) in [6.45, 7) is 6.61. The highest BCUT2D eigenvalue weighted by Crippen LogP contribution is 2.37. The number of hydrogen-bond donors (Lipinski definition) is 1. The Kier molecular flexibility index (Phi) is 8.02. The molecule has 204 valence electrons. The molecule has 0 amide bonds. The van der Waals surface area contributed by atoms with Crippen LogP contribution in [0.25, 0.3) is 22.2 Å². The summed E-state index contributed by atoms with van der Waals surface area (Å²) in [5.41, 5.74) is 0.990. The fraction of sp³-hybridized carbons (Fsp3) is 0.345. The molecule has 4 aromatic rings. The molecule has 1 saturated heterocycles. The van der Waals surface area contributed by atoms with Gasteiger partial charge >= 0.3 is 6.18 Å². The second-order valence-corrected chi connectivity index (χ2v) is 10.2. The van der Waals surface area contributed by atoms with Gasteiger partial charge < -0.3 is 10.1 Å². The van der Waals surface area contributed by atoms with Gasteiger partial charge in [-0.25, -0.2) is 9.97 Å². The van der Waals surface area contributed by atoms with Crippen molar-refractivity contribution in [1.82, 2.24) is 19.9 Å². The molecule has 2 aromatic carbocycles. The van der Waals surface area contributed by atoms with Gasteiger partial charge in [0.15, 0.2) is 0 Å². The molecule has 1 aliphatic heterocycles. The van der Waals surface area contributed by atoms with Crippen LogP contribution in [0, 0.1) is 0 Å². The summed E-state index contributed by atoms with van der Waals surface area (Å²) in [5, 5.41) is 4.82. The van der Waals surface area contributed by atoms with Gasteiger partial charge in [0, 0.05) is 41.8 Å². The lowest BCUT2D eigenvalue weighted by Gasteiger charge is -2.34. The van der Waals surface area contributed by atoms with Gasteiger partial charge in [-0.2, -0.15) is 13.2 Å². The van der Waals surface area contributed by atoms with Gasteiger partial charge in [-0.1, -0.05) is 35.9 Å². The lowest BCUT2D eigenvalue weighted by atomic mass is 10.0. The predicted molar refractivity (Wildman–Crippen MR) is 147 cm³/mol. The third-order valence-corrected chi connectivity index (χ3v) is 7.00. The highest BCUT2D eigenvalue weighted by molar-refractivity contribution is 6.31. The second-order valence-electron chi connectivity index (χ2n) is 9.84. The molecule has 0 unspecified atom stereocenters. The Hall–Kier alpha value is -3.27. The Bertz CT molecular complexity index is 1450. The lowest BCUT2D eigenvalue weighted by Crippen LogP contribution is -2.45. The van der Waals surface area contributed by atoms with Crippen LogP contribution in [-0.2, 0) is 23.9 Å². The first kappa shape index (κ1) is 27.3. The van der Waals surface area contributed by atoms with Crippen molar-refractivity contribution in [3.05, 3.63) is 82.8 Å². The highest BCUT2D eigenvalue weighted by atomic mass is 35.5. The smallest absolute Gasteiger partial charge is 0.373 e. The minimum Gasteiger partial charge on any atom is -0.373 e. The molecule has 6 nitrogen and oxygen atoms in total. The fourth-order valence-electron chi connectivity index (χ4n) is 5.02. The van der Waals surface area contributed by atoms with E-state index in [1.54, 1.807) is 18.2 Å². The number of fused-ring (bicyclic) bond motifs is 1. The molecule has 0 aliphatic carbocycles. The summed E-state index contributed by atoms with van der Waals surface area (Å²) < 4.78 is 47.0. The maximum atomic E-state index is 13.7. The van der Waals surface area contributed by atoms with Gasteiger partial charge in [0.05, 0.1) is 35.5 Å². The average molecular weight is 556 g/mol. The fourth-order valence-corrected chi connectivity index (χ4v) is 5.25. The van der Waals surface area contributed by atoms with Gasteiger partial charge in [0.25, 0.3) is 0 Å². The van der Waals surface area contributed by atoms with E-state index < -0.39 is 11.7 Å². The molecule has 1 aliphatic rings. The largest absolute Gasteiger partial charge is 0.418 e. The number of pyridine rings is 1. The summed E-state index contributed by atoms with van der Waals surface area (Å²) in [6, 6.07) is 15.0. The number of alkyl halides is 3. The van der Waals surface area contributed by atoms with Crippen LogP contribution in [0.15, 0.2) is 60.8 Å². The van der Waals surface area contributed by atoms with E-state index in [9.17, 15) is 13.2 Å². The van der Waals surface area contributed by atoms with Gasteiger partial charge in [0.1, 0.15) is 11.6 Å². The van der Waals surface area contributed by atoms with Crippen molar-refractivity contribution in [2.75, 3.05) is 25.0 Å². The van der Waals surface area contributed by atoms with Crippen molar-refractivity contribution in [1.29, 1.82) is 0 Å². The van der Waals surface area contributed by atoms with E-state index in [1.165, 1.54) is 12.3 Å². The number of anilines is 1. The average Bonchev–Trinajstić information content (AvgIpc) is 2.88. The Morgan fingerprint density at radius 1 is 1.03 bits per heavy atom. The molecule has 1 fully saturated rings. The zero-order chi connectivity index (χ0) is 27.6. The van der Waals surface area contributed by atoms with Crippen LogP contribution in [0.2, 0.25) is 5.02 Å². The molecule has 2 atom stereocenters. The van der Waals surface area contributed by atoms with Crippen LogP contribution >= 0.6 is 11.6 Å². The normalized spacial score (nSPS) is 18.4. The summed E-state index contributed by atoms with van der Waals surface area (Å²) in [6.07, 6.45) is -2.31. The van der Waals surface area contributed by atoms with Crippen molar-refractivity contribution in [3.63, 3.8) is 0 Å². The molecule has 10 heteroatoms. The van der Waals surface area contributed by atoms with Crippen molar-refractivity contribution >= 4 is 28.3 Å². The topological polar surface area (TPSA) is 63.2 Å². The third-order valence-electron chi connectivity index (χ3n) is 6.63. The number of nitrogens with zero attached hydrogens (tertiary/aromatic N) is 4. The Balaban J connectivity index is 1.50. The van der Waals surface area contributed by atoms with Crippen LogP contribution < -0.4 is 5.32 Å². The Labute approximate surface area is 230 Å². The molecular formula is C29H29ClF3N5O. The van der Waals surface area contributed by atoms with Crippen LogP contribution in [0.5, 0.6) is 0 Å². The van der Waals surface area contributed by atoms with Gasteiger partial charge in [-0.3, -0.25) is 9.88 Å². The van der Waals surface area contributed by atoms with Crippen molar-refractivity contribution in [2.24, 2.45) is 0 Å². The molecule has 2 aromatic heterocycles. The molecule has 0 radical (unpaired) electrons. The molecule has 1 N–H and O–H groups in total. The van der Waals surface area contributed by atoms with Crippen LogP contribution in [0.1, 0.15) is 30.8 Å². The number of benzene rings is 2. The van der Waals surface area contributed by atoms with Crippen molar-refractivity contribution in [3.8, 4) is 11.3 Å². The van der Waals surface area contributed by atoms with E-state index in [1.807, 2.05) is 38.1 Å². The molecule has 0 saturated carbocycles. The molecular weight excluding hydrogens is 527 g/mol. The van der Waals surface area contributed by atoms with E-state index in [0.717, 1.165) is 30.1 Å². The van der Waals surface area contributed by atoms with E-state index in [-0.39, 0.29) is 17.9 Å². The third kappa shape index (κ3) is 6.49. The maximum absolute atomic E-state index is 13.7. The number of ether oxygens (including phenoxy) is 1. The van der Waals surface area contributed by atoms with E-state index in [0.29, 0.717) is 47.3 Å². The summed E-state index contributed by atoms with van der Waals surface area (Å²) in [5.74, 6) is 1.21. The zero-order valence-corrected chi connectivity index (χ0v) is 22.4. The Morgan fingerprint density at radius 2 is 1.79 bits per heavy atom. The first-order valence-corrected chi connectivity index (χ1v) is 13.2. The van der Waals surface area contributed by atoms with Crippen LogP contribution in [-0.4, -0.2) is 51.7 Å². The summed E-state index contributed by atoms with van der Waals surface area (Å²) in [4.78, 5) is 15.9. The lowest BCUT2D eigenvalue weighted by molar-refractivity contribution is -0.137. The monoisotopic (exact) mass is 555 g/mol. The first-order chi connectivity index (χ1) is 18.7. The Morgan fingerprint density at radius 3 is 2.54 bits per heavy atom. The number of morpholine rings is 1. The molecule has 0 spiro atoms. The van der Waals surface area contributed by atoms with Gasteiger partial charge in [-0.15, -0.1) is 0 Å². The van der Waals surface area contributed by atoms with Crippen molar-refractivity contribution < 1.29 is 17.9 Å². The number of rotatable bonds is 7. The van der Waals surface area contributed by atoms with Crippen LogP contribution in [0.3, 0.4) is 0 Å². The van der Waals surface area contributed by atoms with E-state index in [4.69, 9.17) is 26.3 Å². The minimum atomic E-state index is -4.52. The van der Waals surface area contributed by atoms with E-state index in [2.05, 4.69) is 15.2 Å². The van der Waals surface area contributed by atoms with Crippen LogP contribution in [0.4, 0.5) is 19.0 Å². The quantitative estimate of drug-likeness (QED) is 0.276. The highest BCUT2D eigenvalue weighted by Gasteiger charge is 2.34. The molecule has 0 bridgehead atoms. The van der Waals surface area contributed by atoms with Gasteiger partial charge in [0.2, 0.25) is 0 Å². The summed E-state index contributed by atoms with van der Waals surface area (Å²) in [7, 11) is 0. The zero-order valence-electron chi connectivity index (χ0n) is 21.7. The molecule has 3 heterocycles.